The molecule has 9 heteroatoms. The number of imide groups is 1. The maximum absolute atomic E-state index is 13.4. The molecule has 9 nitrogen and oxygen atoms in total. The number of hydrogen-bond acceptors (Lipinski definition) is 8. The molecule has 0 aliphatic heterocycles. The van der Waals surface area contributed by atoms with Crippen molar-refractivity contribution in [1.82, 2.24) is 4.90 Å². The molecule has 0 heterocycles. The molecule has 0 aliphatic carbocycles. The average Bonchev–Trinajstić information content (AvgIpc) is 2.92. The Hall–Kier alpha value is -3.98. The predicted octanol–water partition coefficient (Wildman–Crippen LogP) is 7.17. The first-order valence-electron chi connectivity index (χ1n) is 14.5. The fourth-order valence-corrected chi connectivity index (χ4v) is 3.77. The molecule has 2 atom stereocenters. The van der Waals surface area contributed by atoms with E-state index in [9.17, 15) is 19.2 Å². The third kappa shape index (κ3) is 13.7. The van der Waals surface area contributed by atoms with Crippen LogP contribution in [0.5, 0.6) is 0 Å². The quantitative estimate of drug-likeness (QED) is 0.104. The molecule has 43 heavy (non-hydrogen) atoms. The molecule has 0 aliphatic rings. The summed E-state index contributed by atoms with van der Waals surface area (Å²) in [6.45, 7) is 11.9. The summed E-state index contributed by atoms with van der Waals surface area (Å²) in [5, 5.41) is 0. The van der Waals surface area contributed by atoms with Crippen LogP contribution in [0, 0.1) is 0 Å². The molecular weight excluding hydrogens is 550 g/mol. The lowest BCUT2D eigenvalue weighted by Gasteiger charge is -2.32. The number of amides is 2. The van der Waals surface area contributed by atoms with Crippen LogP contribution in [-0.2, 0) is 41.8 Å². The van der Waals surface area contributed by atoms with Gasteiger partial charge in [-0.25, -0.2) is 14.4 Å². The number of benzene rings is 2. The van der Waals surface area contributed by atoms with Gasteiger partial charge in [0.25, 0.3) is 0 Å². The van der Waals surface area contributed by atoms with Gasteiger partial charge in [-0.05, 0) is 84.9 Å². The molecule has 2 rings (SSSR count). The van der Waals surface area contributed by atoms with Crippen LogP contribution in [0.25, 0.3) is 0 Å². The predicted molar refractivity (Wildman–Crippen MR) is 163 cm³/mol. The second-order valence-corrected chi connectivity index (χ2v) is 12.1. The molecule has 0 N–H and O–H groups in total. The number of unbranched alkanes of at least 4 members (excludes halogenated alkanes) is 1. The smallest absolute Gasteiger partial charge is 0.420 e. The molecule has 0 saturated heterocycles. The topological polar surface area (TPSA) is 108 Å². The van der Waals surface area contributed by atoms with Crippen molar-refractivity contribution in [3.63, 3.8) is 0 Å². The lowest BCUT2D eigenvalue weighted by molar-refractivity contribution is -0.151. The van der Waals surface area contributed by atoms with Crippen LogP contribution in [0.2, 0.25) is 0 Å². The van der Waals surface area contributed by atoms with Crippen LogP contribution in [0.1, 0.15) is 78.9 Å². The van der Waals surface area contributed by atoms with Crippen LogP contribution in [0.3, 0.4) is 0 Å². The number of nitrogens with zero attached hydrogens (tertiary/aromatic N) is 1. The molecule has 0 bridgehead atoms. The lowest BCUT2D eigenvalue weighted by atomic mass is 10.1. The highest BCUT2D eigenvalue weighted by Crippen LogP contribution is 2.21. The number of carbonyl (C=O) groups is 4. The Labute approximate surface area is 255 Å². The first kappa shape index (κ1) is 35.2. The number of allylic oxidation sites excluding steroid dienone is 1. The summed E-state index contributed by atoms with van der Waals surface area (Å²) in [4.78, 5) is 53.1. The summed E-state index contributed by atoms with van der Waals surface area (Å²) < 4.78 is 22.2. The van der Waals surface area contributed by atoms with E-state index in [1.54, 1.807) is 66.7 Å². The number of hydrogen-bond donors (Lipinski definition) is 0. The second kappa shape index (κ2) is 16.6. The van der Waals surface area contributed by atoms with E-state index in [0.29, 0.717) is 24.3 Å². The Bertz CT molecular complexity index is 1180. The van der Waals surface area contributed by atoms with Crippen LogP contribution >= 0.6 is 0 Å². The first-order chi connectivity index (χ1) is 20.2. The lowest BCUT2D eigenvalue weighted by Crippen LogP contribution is -2.52. The number of carbonyl (C=O) groups excluding carboxylic acids is 4. The molecule has 0 fully saturated rings. The van der Waals surface area contributed by atoms with Crippen molar-refractivity contribution < 1.29 is 38.1 Å². The van der Waals surface area contributed by atoms with Gasteiger partial charge in [-0.3, -0.25) is 4.79 Å². The monoisotopic (exact) mass is 595 g/mol. The number of esters is 1. The van der Waals surface area contributed by atoms with Gasteiger partial charge in [0, 0.05) is 0 Å². The van der Waals surface area contributed by atoms with Crippen LogP contribution in [0.15, 0.2) is 72.8 Å². The first-order valence-corrected chi connectivity index (χ1v) is 14.5. The Morgan fingerprint density at radius 3 is 1.74 bits per heavy atom. The summed E-state index contributed by atoms with van der Waals surface area (Å²) in [6, 6.07) is 17.3. The summed E-state index contributed by atoms with van der Waals surface area (Å²) in [5.41, 5.74) is -0.146. The zero-order valence-corrected chi connectivity index (χ0v) is 26.3. The largest absolute Gasteiger partial charge is 0.459 e. The minimum atomic E-state index is -1.31. The van der Waals surface area contributed by atoms with Crippen molar-refractivity contribution >= 4 is 23.9 Å². The van der Waals surface area contributed by atoms with Crippen LogP contribution < -0.4 is 0 Å². The normalized spacial score (nSPS) is 13.2. The minimum absolute atomic E-state index is 0.0398. The van der Waals surface area contributed by atoms with E-state index >= 15 is 0 Å². The van der Waals surface area contributed by atoms with Gasteiger partial charge in [0.05, 0.1) is 6.61 Å². The van der Waals surface area contributed by atoms with Crippen molar-refractivity contribution in [1.29, 1.82) is 0 Å². The zero-order valence-electron chi connectivity index (χ0n) is 26.3. The third-order valence-electron chi connectivity index (χ3n) is 5.86. The van der Waals surface area contributed by atoms with Crippen molar-refractivity contribution in [2.45, 2.75) is 104 Å². The Balaban J connectivity index is 2.14. The van der Waals surface area contributed by atoms with Gasteiger partial charge in [0.2, 0.25) is 0 Å². The van der Waals surface area contributed by atoms with E-state index in [1.165, 1.54) is 6.08 Å². The number of ether oxygens (including phenoxy) is 4. The van der Waals surface area contributed by atoms with Crippen molar-refractivity contribution in [2.75, 3.05) is 0 Å². The zero-order chi connectivity index (χ0) is 32.0. The molecule has 2 aromatic carbocycles. The summed E-state index contributed by atoms with van der Waals surface area (Å²) >= 11 is 0. The molecule has 1 unspecified atom stereocenters. The minimum Gasteiger partial charge on any atom is -0.459 e. The average molecular weight is 596 g/mol. The SMILES string of the molecule is CC(OCc1ccccc1)C(=O)C=CCCC[C@@H](C(=O)OCc1ccccc1)N(C(=O)OC(C)(C)C)C(=O)OC(C)(C)C. The number of rotatable bonds is 13. The molecule has 234 valence electrons. The standard InChI is InChI=1S/C34H45NO8/c1-25(40-23-26-17-11-8-12-18-26)29(36)22-16-10-15-21-28(30(37)41-24-27-19-13-9-14-20-27)35(31(38)42-33(2,3)4)32(39)43-34(5,6)7/h8-9,11-14,16-20,22,25,28H,10,15,21,23-24H2,1-7H3/t25?,28-/m0/s1. The highest BCUT2D eigenvalue weighted by Gasteiger charge is 2.40. The fourth-order valence-electron chi connectivity index (χ4n) is 3.77. The van der Waals surface area contributed by atoms with Gasteiger partial charge in [0.15, 0.2) is 5.78 Å². The van der Waals surface area contributed by atoms with E-state index in [-0.39, 0.29) is 18.8 Å². The molecule has 2 aromatic rings. The maximum atomic E-state index is 13.4. The van der Waals surface area contributed by atoms with E-state index in [2.05, 4.69) is 0 Å². The Morgan fingerprint density at radius 1 is 0.767 bits per heavy atom. The maximum Gasteiger partial charge on any atom is 0.420 e. The summed E-state index contributed by atoms with van der Waals surface area (Å²) in [5.74, 6) is -0.970. The highest BCUT2D eigenvalue weighted by molar-refractivity contribution is 5.94. The summed E-state index contributed by atoms with van der Waals surface area (Å²) in [6.07, 6.45) is 1.28. The van der Waals surface area contributed by atoms with Gasteiger partial charge in [-0.2, -0.15) is 4.90 Å². The van der Waals surface area contributed by atoms with Gasteiger partial charge in [-0.1, -0.05) is 66.7 Å². The van der Waals surface area contributed by atoms with E-state index in [0.717, 1.165) is 11.1 Å². The van der Waals surface area contributed by atoms with Gasteiger partial charge >= 0.3 is 18.2 Å². The molecule has 0 aromatic heterocycles. The molecule has 2 amide bonds. The van der Waals surface area contributed by atoms with Crippen LogP contribution in [-0.4, -0.2) is 52.2 Å². The Morgan fingerprint density at radius 2 is 1.26 bits per heavy atom. The Kier molecular flexibility index (Phi) is 13.6. The van der Waals surface area contributed by atoms with Crippen molar-refractivity contribution in [3.8, 4) is 0 Å². The summed E-state index contributed by atoms with van der Waals surface area (Å²) in [7, 11) is 0. The van der Waals surface area contributed by atoms with E-state index in [4.69, 9.17) is 18.9 Å². The third-order valence-corrected chi connectivity index (χ3v) is 5.86. The molecule has 0 spiro atoms. The van der Waals surface area contributed by atoms with Gasteiger partial charge in [0.1, 0.15) is 30.0 Å². The van der Waals surface area contributed by atoms with E-state index in [1.807, 2.05) is 48.5 Å². The van der Waals surface area contributed by atoms with E-state index < -0.39 is 41.5 Å². The fraction of sp³-hybridized carbons (Fsp3) is 0.471. The van der Waals surface area contributed by atoms with Gasteiger partial charge in [-0.15, -0.1) is 0 Å². The molecule has 0 radical (unpaired) electrons. The highest BCUT2D eigenvalue weighted by atomic mass is 16.6. The second-order valence-electron chi connectivity index (χ2n) is 12.1. The number of ketones is 1. The molecule has 0 saturated carbocycles. The van der Waals surface area contributed by atoms with Crippen molar-refractivity contribution in [2.24, 2.45) is 0 Å². The molecular formula is C34H45NO8. The van der Waals surface area contributed by atoms with Gasteiger partial charge < -0.3 is 18.9 Å². The van der Waals surface area contributed by atoms with Crippen molar-refractivity contribution in [3.05, 3.63) is 83.9 Å². The van der Waals surface area contributed by atoms with Crippen LogP contribution in [0.4, 0.5) is 9.59 Å².